The lowest BCUT2D eigenvalue weighted by molar-refractivity contribution is 0.319. The number of oxime groups is 1. The lowest BCUT2D eigenvalue weighted by Crippen LogP contribution is -2.08. The van der Waals surface area contributed by atoms with Crippen LogP contribution in [0.25, 0.3) is 0 Å². The Morgan fingerprint density at radius 3 is 2.33 bits per heavy atom. The van der Waals surface area contributed by atoms with Crippen molar-refractivity contribution < 1.29 is 5.21 Å². The Morgan fingerprint density at radius 2 is 1.73 bits per heavy atom. The normalized spacial score (nSPS) is 13.1. The summed E-state index contributed by atoms with van der Waals surface area (Å²) in [6.45, 7) is 6.62. The predicted molar refractivity (Wildman–Crippen MR) is 127 cm³/mol. The van der Waals surface area contributed by atoms with Crippen LogP contribution in [0.5, 0.6) is 0 Å². The van der Waals surface area contributed by atoms with Gasteiger partial charge in [0, 0.05) is 28.8 Å². The van der Waals surface area contributed by atoms with Crippen LogP contribution in [0.1, 0.15) is 49.2 Å². The second-order valence-corrected chi connectivity index (χ2v) is 9.66. The van der Waals surface area contributed by atoms with Gasteiger partial charge < -0.3 is 9.77 Å². The Bertz CT molecular complexity index is 997. The molecule has 0 saturated heterocycles. The van der Waals surface area contributed by atoms with E-state index in [-0.39, 0.29) is 5.92 Å². The molecule has 0 bridgehead atoms. The molecule has 158 valence electrons. The Labute approximate surface area is 190 Å². The first-order chi connectivity index (χ1) is 14.4. The highest BCUT2D eigenvalue weighted by atomic mass is 79.9. The van der Waals surface area contributed by atoms with Crippen LogP contribution >= 0.6 is 27.7 Å². The summed E-state index contributed by atoms with van der Waals surface area (Å²) >= 11 is 4.93. The van der Waals surface area contributed by atoms with Gasteiger partial charge in [-0.05, 0) is 35.6 Å². The number of aromatic nitrogens is 3. The van der Waals surface area contributed by atoms with E-state index in [4.69, 9.17) is 0 Å². The smallest absolute Gasteiger partial charge is 0.191 e. The molecule has 0 aliphatic rings. The van der Waals surface area contributed by atoms with E-state index >= 15 is 0 Å². The Kier molecular flexibility index (Phi) is 7.72. The molecule has 7 heteroatoms. The molecule has 1 aromatic heterocycles. The largest absolute Gasteiger partial charge is 0.411 e. The van der Waals surface area contributed by atoms with Gasteiger partial charge in [0.2, 0.25) is 0 Å². The van der Waals surface area contributed by atoms with Gasteiger partial charge in [-0.1, -0.05) is 90.0 Å². The number of thioether (sulfide) groups is 1. The number of benzene rings is 2. The number of hydrogen-bond acceptors (Lipinski definition) is 5. The van der Waals surface area contributed by atoms with E-state index < -0.39 is 0 Å². The summed E-state index contributed by atoms with van der Waals surface area (Å²) in [4.78, 5) is 0. The van der Waals surface area contributed by atoms with E-state index in [9.17, 15) is 5.21 Å². The van der Waals surface area contributed by atoms with Crippen molar-refractivity contribution in [2.75, 3.05) is 5.75 Å². The van der Waals surface area contributed by atoms with Gasteiger partial charge in [0.05, 0.1) is 5.71 Å². The number of nitrogens with zero attached hydrogens (tertiary/aromatic N) is 4. The van der Waals surface area contributed by atoms with Crippen LogP contribution in [-0.4, -0.2) is 31.4 Å². The molecule has 0 radical (unpaired) electrons. The van der Waals surface area contributed by atoms with Gasteiger partial charge in [-0.25, -0.2) is 0 Å². The van der Waals surface area contributed by atoms with Gasteiger partial charge in [0.1, 0.15) is 5.82 Å². The van der Waals surface area contributed by atoms with Crippen LogP contribution in [0.15, 0.2) is 63.3 Å². The van der Waals surface area contributed by atoms with Gasteiger partial charge in [-0.15, -0.1) is 10.2 Å². The van der Waals surface area contributed by atoms with Crippen molar-refractivity contribution in [3.05, 3.63) is 75.5 Å². The minimum absolute atomic E-state index is 0.141. The van der Waals surface area contributed by atoms with Gasteiger partial charge in [-0.3, -0.25) is 0 Å². The highest BCUT2D eigenvalue weighted by Gasteiger charge is 2.18. The zero-order valence-corrected chi connectivity index (χ0v) is 20.1. The highest BCUT2D eigenvalue weighted by Crippen LogP contribution is 2.26. The summed E-state index contributed by atoms with van der Waals surface area (Å²) in [6.07, 6.45) is 1.09. The number of halogens is 1. The first kappa shape index (κ1) is 22.6. The van der Waals surface area contributed by atoms with E-state index in [1.807, 2.05) is 35.9 Å². The van der Waals surface area contributed by atoms with E-state index in [2.05, 4.69) is 76.3 Å². The molecule has 1 N–H and O–H groups in total. The molecule has 0 fully saturated rings. The molecule has 0 saturated carbocycles. The standard InChI is InChI=1S/C23H27BrN4OS/c1-15(2)13-17-5-7-18(8-6-17)16(3)22-25-26-23(28(22)4)30-14-21(27-29)19-9-11-20(24)12-10-19/h5-12,15-16,29H,13-14H2,1-4H3/b27-21+. The van der Waals surface area contributed by atoms with Crippen molar-refractivity contribution in [1.82, 2.24) is 14.8 Å². The van der Waals surface area contributed by atoms with E-state index in [1.165, 1.54) is 22.9 Å². The summed E-state index contributed by atoms with van der Waals surface area (Å²) in [5, 5.41) is 22.5. The monoisotopic (exact) mass is 486 g/mol. The van der Waals surface area contributed by atoms with Crippen molar-refractivity contribution in [2.45, 2.75) is 38.3 Å². The average Bonchev–Trinajstić information content (AvgIpc) is 3.09. The van der Waals surface area contributed by atoms with Crippen LogP contribution in [-0.2, 0) is 13.5 Å². The average molecular weight is 487 g/mol. The van der Waals surface area contributed by atoms with Gasteiger partial charge in [-0.2, -0.15) is 0 Å². The maximum atomic E-state index is 9.44. The van der Waals surface area contributed by atoms with Gasteiger partial charge in [0.25, 0.3) is 0 Å². The molecular weight excluding hydrogens is 460 g/mol. The van der Waals surface area contributed by atoms with Crippen molar-refractivity contribution in [3.63, 3.8) is 0 Å². The summed E-state index contributed by atoms with van der Waals surface area (Å²) in [5.41, 5.74) is 4.07. The quantitative estimate of drug-likeness (QED) is 0.186. The van der Waals surface area contributed by atoms with Crippen LogP contribution in [0.2, 0.25) is 0 Å². The molecule has 2 aromatic carbocycles. The maximum absolute atomic E-state index is 9.44. The topological polar surface area (TPSA) is 63.3 Å². The molecule has 0 amide bonds. The molecule has 0 aliphatic heterocycles. The van der Waals surface area contributed by atoms with Crippen LogP contribution in [0.3, 0.4) is 0 Å². The van der Waals surface area contributed by atoms with Gasteiger partial charge >= 0.3 is 0 Å². The second-order valence-electron chi connectivity index (χ2n) is 7.80. The molecule has 0 spiro atoms. The van der Waals surface area contributed by atoms with Crippen LogP contribution in [0.4, 0.5) is 0 Å². The predicted octanol–water partition coefficient (Wildman–Crippen LogP) is 5.90. The van der Waals surface area contributed by atoms with Crippen molar-refractivity contribution >= 4 is 33.4 Å². The first-order valence-corrected chi connectivity index (χ1v) is 11.7. The molecule has 30 heavy (non-hydrogen) atoms. The molecule has 0 aliphatic carbocycles. The first-order valence-electron chi connectivity index (χ1n) is 9.96. The van der Waals surface area contributed by atoms with E-state index in [0.29, 0.717) is 17.4 Å². The fourth-order valence-electron chi connectivity index (χ4n) is 3.34. The second kappa shape index (κ2) is 10.3. The van der Waals surface area contributed by atoms with Crippen LogP contribution < -0.4 is 0 Å². The summed E-state index contributed by atoms with van der Waals surface area (Å²) in [7, 11) is 1.98. The number of hydrogen-bond donors (Lipinski definition) is 1. The lowest BCUT2D eigenvalue weighted by Gasteiger charge is -2.13. The minimum Gasteiger partial charge on any atom is -0.411 e. The fraction of sp³-hybridized carbons (Fsp3) is 0.348. The van der Waals surface area contributed by atoms with Crippen molar-refractivity contribution in [1.29, 1.82) is 0 Å². The third-order valence-electron chi connectivity index (χ3n) is 5.02. The zero-order valence-electron chi connectivity index (χ0n) is 17.7. The van der Waals surface area contributed by atoms with Crippen molar-refractivity contribution in [3.8, 4) is 0 Å². The fourth-order valence-corrected chi connectivity index (χ4v) is 4.48. The molecule has 3 aromatic rings. The third-order valence-corrected chi connectivity index (χ3v) is 6.58. The Morgan fingerprint density at radius 1 is 1.07 bits per heavy atom. The Balaban J connectivity index is 1.69. The SMILES string of the molecule is CC(C)Cc1ccc(C(C)c2nnc(SC/C(=N\O)c3ccc(Br)cc3)n2C)cc1. The Hall–Kier alpha value is -2.12. The molecule has 1 atom stereocenters. The molecule has 3 rings (SSSR count). The summed E-state index contributed by atoms with van der Waals surface area (Å²) in [6, 6.07) is 16.5. The molecule has 1 unspecified atom stereocenters. The summed E-state index contributed by atoms with van der Waals surface area (Å²) in [5.74, 6) is 2.21. The highest BCUT2D eigenvalue weighted by molar-refractivity contribution is 9.10. The van der Waals surface area contributed by atoms with E-state index in [0.717, 1.165) is 27.4 Å². The molecule has 5 nitrogen and oxygen atoms in total. The maximum Gasteiger partial charge on any atom is 0.191 e. The van der Waals surface area contributed by atoms with Gasteiger partial charge in [0.15, 0.2) is 5.16 Å². The zero-order chi connectivity index (χ0) is 21.7. The lowest BCUT2D eigenvalue weighted by atomic mass is 9.96. The molecular formula is C23H27BrN4OS. The summed E-state index contributed by atoms with van der Waals surface area (Å²) < 4.78 is 3.01. The van der Waals surface area contributed by atoms with E-state index in [1.54, 1.807) is 0 Å². The minimum atomic E-state index is 0.141. The van der Waals surface area contributed by atoms with Crippen molar-refractivity contribution in [2.24, 2.45) is 18.1 Å². The third kappa shape index (κ3) is 5.52. The molecule has 1 heterocycles. The number of rotatable bonds is 8. The van der Waals surface area contributed by atoms with Crippen LogP contribution in [0, 0.1) is 5.92 Å².